The fourth-order valence-electron chi connectivity index (χ4n) is 1.73. The van der Waals surface area contributed by atoms with Crippen LogP contribution in [0.15, 0.2) is 12.1 Å². The highest BCUT2D eigenvalue weighted by Crippen LogP contribution is 2.36. The maximum Gasteiger partial charge on any atom is 0.335 e. The molecule has 0 heterocycles. The predicted molar refractivity (Wildman–Crippen MR) is 79.1 cm³/mol. The first-order valence-corrected chi connectivity index (χ1v) is 6.83. The standard InChI is InChI=1S/C15H18ClNO4/c1-15(2,9-17)5-4-6-21-13-11(16)7-10(14(18)19)8-12(13)20-3/h7-8H,4-6H2,1-3H3,(H,18,19). The van der Waals surface area contributed by atoms with Gasteiger partial charge in [-0.15, -0.1) is 0 Å². The van der Waals surface area contributed by atoms with E-state index in [1.807, 2.05) is 13.8 Å². The van der Waals surface area contributed by atoms with Crippen LogP contribution in [0.4, 0.5) is 0 Å². The van der Waals surface area contributed by atoms with Crippen LogP contribution in [0.2, 0.25) is 5.02 Å². The van der Waals surface area contributed by atoms with E-state index in [-0.39, 0.29) is 16.3 Å². The van der Waals surface area contributed by atoms with Gasteiger partial charge in [-0.3, -0.25) is 0 Å². The Hall–Kier alpha value is -1.93. The molecule has 1 aromatic carbocycles. The van der Waals surface area contributed by atoms with Gasteiger partial charge in [-0.1, -0.05) is 11.6 Å². The predicted octanol–water partition coefficient (Wildman–Crippen LogP) is 3.76. The third-order valence-electron chi connectivity index (χ3n) is 2.97. The van der Waals surface area contributed by atoms with E-state index in [4.69, 9.17) is 31.4 Å². The zero-order valence-electron chi connectivity index (χ0n) is 12.3. The second kappa shape index (κ2) is 7.19. The monoisotopic (exact) mass is 311 g/mol. The summed E-state index contributed by atoms with van der Waals surface area (Å²) in [5.74, 6) is -0.490. The maximum absolute atomic E-state index is 11.0. The summed E-state index contributed by atoms with van der Waals surface area (Å²) in [6.45, 7) is 4.10. The fraction of sp³-hybridized carbons (Fsp3) is 0.467. The lowest BCUT2D eigenvalue weighted by Gasteiger charge is -2.16. The summed E-state index contributed by atoms with van der Waals surface area (Å²) >= 11 is 6.03. The summed E-state index contributed by atoms with van der Waals surface area (Å²) in [6, 6.07) is 4.91. The van der Waals surface area contributed by atoms with Gasteiger partial charge >= 0.3 is 5.97 Å². The molecule has 0 spiro atoms. The summed E-state index contributed by atoms with van der Waals surface area (Å²) in [5, 5.41) is 18.1. The molecule has 0 radical (unpaired) electrons. The number of carboxylic acid groups (broad SMARTS) is 1. The molecule has 21 heavy (non-hydrogen) atoms. The molecule has 0 fully saturated rings. The molecule has 0 saturated heterocycles. The number of hydrogen-bond donors (Lipinski definition) is 1. The van der Waals surface area contributed by atoms with Gasteiger partial charge in [0.25, 0.3) is 0 Å². The molecule has 0 saturated carbocycles. The van der Waals surface area contributed by atoms with Crippen LogP contribution in [-0.4, -0.2) is 24.8 Å². The largest absolute Gasteiger partial charge is 0.493 e. The highest BCUT2D eigenvalue weighted by molar-refractivity contribution is 6.32. The number of rotatable bonds is 7. The lowest BCUT2D eigenvalue weighted by atomic mass is 9.90. The number of carboxylic acids is 1. The van der Waals surface area contributed by atoms with Gasteiger partial charge in [0.05, 0.1) is 35.8 Å². The van der Waals surface area contributed by atoms with Crippen molar-refractivity contribution < 1.29 is 19.4 Å². The van der Waals surface area contributed by atoms with Gasteiger partial charge < -0.3 is 14.6 Å². The molecule has 6 heteroatoms. The van der Waals surface area contributed by atoms with Crippen LogP contribution in [0.1, 0.15) is 37.0 Å². The van der Waals surface area contributed by atoms with Crippen molar-refractivity contribution in [2.45, 2.75) is 26.7 Å². The number of ether oxygens (including phenoxy) is 2. The van der Waals surface area contributed by atoms with Gasteiger partial charge in [-0.2, -0.15) is 5.26 Å². The van der Waals surface area contributed by atoms with Crippen molar-refractivity contribution in [3.63, 3.8) is 0 Å². The number of nitriles is 1. The number of methoxy groups -OCH3 is 1. The van der Waals surface area contributed by atoms with E-state index >= 15 is 0 Å². The molecule has 5 nitrogen and oxygen atoms in total. The molecule has 0 amide bonds. The minimum absolute atomic E-state index is 0.0369. The molecule has 1 aromatic rings. The lowest BCUT2D eigenvalue weighted by Crippen LogP contribution is -2.10. The van der Waals surface area contributed by atoms with Gasteiger partial charge in [0, 0.05) is 0 Å². The Bertz CT molecular complexity index is 564. The normalized spacial score (nSPS) is 10.8. The van der Waals surface area contributed by atoms with Crippen molar-refractivity contribution >= 4 is 17.6 Å². The summed E-state index contributed by atoms with van der Waals surface area (Å²) in [6.07, 6.45) is 1.37. The number of nitrogens with zero attached hydrogens (tertiary/aromatic N) is 1. The maximum atomic E-state index is 11.0. The van der Waals surface area contributed by atoms with Crippen molar-refractivity contribution in [3.8, 4) is 17.6 Å². The van der Waals surface area contributed by atoms with Crippen molar-refractivity contribution in [1.29, 1.82) is 5.26 Å². The molecular weight excluding hydrogens is 294 g/mol. The number of halogens is 1. The molecule has 0 atom stereocenters. The average molecular weight is 312 g/mol. The van der Waals surface area contributed by atoms with Crippen LogP contribution in [0.3, 0.4) is 0 Å². The van der Waals surface area contributed by atoms with E-state index in [9.17, 15) is 4.79 Å². The third kappa shape index (κ3) is 4.83. The highest BCUT2D eigenvalue weighted by atomic mass is 35.5. The Morgan fingerprint density at radius 2 is 2.14 bits per heavy atom. The van der Waals surface area contributed by atoms with Gasteiger partial charge in [-0.05, 0) is 38.8 Å². The van der Waals surface area contributed by atoms with E-state index < -0.39 is 11.4 Å². The topological polar surface area (TPSA) is 79.6 Å². The van der Waals surface area contributed by atoms with Crippen LogP contribution < -0.4 is 9.47 Å². The minimum atomic E-state index is -1.09. The number of carbonyl (C=O) groups is 1. The van der Waals surface area contributed by atoms with Crippen LogP contribution in [0.25, 0.3) is 0 Å². The molecule has 1 N–H and O–H groups in total. The van der Waals surface area contributed by atoms with Crippen molar-refractivity contribution in [3.05, 3.63) is 22.7 Å². The number of hydrogen-bond acceptors (Lipinski definition) is 4. The highest BCUT2D eigenvalue weighted by Gasteiger charge is 2.18. The molecule has 114 valence electrons. The van der Waals surface area contributed by atoms with Crippen LogP contribution >= 0.6 is 11.6 Å². The zero-order valence-corrected chi connectivity index (χ0v) is 13.0. The van der Waals surface area contributed by atoms with Gasteiger partial charge in [0.2, 0.25) is 0 Å². The summed E-state index contributed by atoms with van der Waals surface area (Å²) in [7, 11) is 1.42. The Kier molecular flexibility index (Phi) is 5.86. The summed E-state index contributed by atoms with van der Waals surface area (Å²) in [5.41, 5.74) is -0.362. The first-order valence-electron chi connectivity index (χ1n) is 6.45. The average Bonchev–Trinajstić information content (AvgIpc) is 2.44. The van der Waals surface area contributed by atoms with Crippen LogP contribution in [-0.2, 0) is 0 Å². The zero-order chi connectivity index (χ0) is 16.0. The quantitative estimate of drug-likeness (QED) is 0.776. The first kappa shape index (κ1) is 17.1. The molecular formula is C15H18ClNO4. The summed E-state index contributed by atoms with van der Waals surface area (Å²) in [4.78, 5) is 11.0. The van der Waals surface area contributed by atoms with Crippen molar-refractivity contribution in [2.75, 3.05) is 13.7 Å². The molecule has 0 aromatic heterocycles. The Morgan fingerprint density at radius 1 is 1.48 bits per heavy atom. The third-order valence-corrected chi connectivity index (χ3v) is 3.25. The van der Waals surface area contributed by atoms with Crippen molar-refractivity contribution in [2.24, 2.45) is 5.41 Å². The van der Waals surface area contributed by atoms with Crippen LogP contribution in [0, 0.1) is 16.7 Å². The first-order chi connectivity index (χ1) is 9.80. The molecule has 0 unspecified atom stereocenters. The SMILES string of the molecule is COc1cc(C(=O)O)cc(Cl)c1OCCCC(C)(C)C#N. The second-order valence-electron chi connectivity index (χ2n) is 5.24. The fourth-order valence-corrected chi connectivity index (χ4v) is 1.99. The lowest BCUT2D eigenvalue weighted by molar-refractivity contribution is 0.0696. The molecule has 0 bridgehead atoms. The number of aromatic carboxylic acids is 1. The van der Waals surface area contributed by atoms with Gasteiger partial charge in [0.15, 0.2) is 11.5 Å². The Balaban J connectivity index is 2.76. The van der Waals surface area contributed by atoms with Gasteiger partial charge in [0.1, 0.15) is 0 Å². The van der Waals surface area contributed by atoms with Gasteiger partial charge in [-0.25, -0.2) is 4.79 Å². The van der Waals surface area contributed by atoms with E-state index in [1.54, 1.807) is 0 Å². The molecule has 1 rings (SSSR count). The molecule has 0 aliphatic heterocycles. The molecule has 0 aliphatic rings. The Morgan fingerprint density at radius 3 is 2.67 bits per heavy atom. The number of benzene rings is 1. The second-order valence-corrected chi connectivity index (χ2v) is 5.65. The van der Waals surface area contributed by atoms with Crippen LogP contribution in [0.5, 0.6) is 11.5 Å². The van der Waals surface area contributed by atoms with E-state index in [0.717, 1.165) is 0 Å². The Labute approximate surface area is 129 Å². The minimum Gasteiger partial charge on any atom is -0.493 e. The van der Waals surface area contributed by atoms with E-state index in [2.05, 4.69) is 6.07 Å². The smallest absolute Gasteiger partial charge is 0.335 e. The van der Waals surface area contributed by atoms with Crippen molar-refractivity contribution in [1.82, 2.24) is 0 Å². The summed E-state index contributed by atoms with van der Waals surface area (Å²) < 4.78 is 10.7. The van der Waals surface area contributed by atoms with E-state index in [0.29, 0.717) is 25.2 Å². The van der Waals surface area contributed by atoms with E-state index in [1.165, 1.54) is 19.2 Å². The molecule has 0 aliphatic carbocycles.